The first-order valence-corrected chi connectivity index (χ1v) is 8.69. The molecule has 0 atom stereocenters. The van der Waals surface area contributed by atoms with Gasteiger partial charge < -0.3 is 10.6 Å². The smallest absolute Gasteiger partial charge is 0.243 e. The number of aryl methyl sites for hydroxylation is 1. The van der Waals surface area contributed by atoms with Gasteiger partial charge >= 0.3 is 0 Å². The van der Waals surface area contributed by atoms with E-state index in [4.69, 9.17) is 0 Å². The van der Waals surface area contributed by atoms with Crippen LogP contribution in [0.15, 0.2) is 57.5 Å². The molecule has 0 aliphatic heterocycles. The normalized spacial score (nSPS) is 10.2. The summed E-state index contributed by atoms with van der Waals surface area (Å²) in [5.74, 6) is -0.395. The van der Waals surface area contributed by atoms with Crippen molar-refractivity contribution in [1.29, 1.82) is 0 Å². The van der Waals surface area contributed by atoms with Gasteiger partial charge in [-0.3, -0.25) is 9.59 Å². The Kier molecular flexibility index (Phi) is 6.80. The van der Waals surface area contributed by atoms with Gasteiger partial charge in [0.15, 0.2) is 0 Å². The SMILES string of the molecule is O=C(CCc1ccccc1Br)NCC(=O)Nc1ccc(Br)cc1. The minimum Gasteiger partial charge on any atom is -0.347 e. The van der Waals surface area contributed by atoms with Gasteiger partial charge in [-0.25, -0.2) is 0 Å². The second kappa shape index (κ2) is 8.84. The molecule has 2 rings (SSSR count). The first-order chi connectivity index (χ1) is 11.0. The molecule has 0 aliphatic rings. The summed E-state index contributed by atoms with van der Waals surface area (Å²) in [7, 11) is 0. The zero-order valence-electron chi connectivity index (χ0n) is 12.3. The summed E-state index contributed by atoms with van der Waals surface area (Å²) < 4.78 is 1.93. The van der Waals surface area contributed by atoms with Crippen LogP contribution in [-0.4, -0.2) is 18.4 Å². The number of halogens is 2. The molecule has 0 radical (unpaired) electrons. The predicted octanol–water partition coefficient (Wildman–Crippen LogP) is 3.90. The second-order valence-corrected chi connectivity index (χ2v) is 6.69. The van der Waals surface area contributed by atoms with Crippen molar-refractivity contribution >= 4 is 49.4 Å². The number of benzene rings is 2. The van der Waals surface area contributed by atoms with Gasteiger partial charge in [0, 0.05) is 21.1 Å². The molecule has 6 heteroatoms. The topological polar surface area (TPSA) is 58.2 Å². The summed E-state index contributed by atoms with van der Waals surface area (Å²) in [6.07, 6.45) is 0.968. The van der Waals surface area contributed by atoms with Gasteiger partial charge in [0.1, 0.15) is 0 Å². The lowest BCUT2D eigenvalue weighted by Crippen LogP contribution is -2.32. The fourth-order valence-electron chi connectivity index (χ4n) is 1.95. The van der Waals surface area contributed by atoms with E-state index in [0.717, 1.165) is 14.5 Å². The summed E-state index contributed by atoms with van der Waals surface area (Å²) >= 11 is 6.78. The molecule has 0 heterocycles. The molecule has 120 valence electrons. The van der Waals surface area contributed by atoms with E-state index in [1.807, 2.05) is 36.4 Å². The quantitative estimate of drug-likeness (QED) is 0.717. The number of carbonyl (C=O) groups excluding carboxylic acids is 2. The molecule has 0 saturated heterocycles. The molecule has 0 unspecified atom stereocenters. The van der Waals surface area contributed by atoms with E-state index in [1.54, 1.807) is 12.1 Å². The highest BCUT2D eigenvalue weighted by Crippen LogP contribution is 2.17. The van der Waals surface area contributed by atoms with E-state index in [9.17, 15) is 9.59 Å². The fourth-order valence-corrected chi connectivity index (χ4v) is 2.70. The first kappa shape index (κ1) is 17.7. The largest absolute Gasteiger partial charge is 0.347 e. The number of rotatable bonds is 6. The van der Waals surface area contributed by atoms with Gasteiger partial charge in [0.25, 0.3) is 0 Å². The Morgan fingerprint density at radius 2 is 1.61 bits per heavy atom. The predicted molar refractivity (Wildman–Crippen MR) is 98.2 cm³/mol. The molecule has 0 bridgehead atoms. The zero-order chi connectivity index (χ0) is 16.7. The minimum absolute atomic E-state index is 0.0368. The molecular formula is C17H16Br2N2O2. The maximum Gasteiger partial charge on any atom is 0.243 e. The highest BCUT2D eigenvalue weighted by atomic mass is 79.9. The second-order valence-electron chi connectivity index (χ2n) is 4.92. The number of hydrogen-bond donors (Lipinski definition) is 2. The molecule has 0 spiro atoms. The molecule has 0 aromatic heterocycles. The number of carbonyl (C=O) groups is 2. The Morgan fingerprint density at radius 3 is 2.30 bits per heavy atom. The summed E-state index contributed by atoms with van der Waals surface area (Å²) in [5, 5.41) is 5.35. The van der Waals surface area contributed by atoms with E-state index in [2.05, 4.69) is 42.5 Å². The van der Waals surface area contributed by atoms with Gasteiger partial charge in [-0.15, -0.1) is 0 Å². The summed E-state index contributed by atoms with van der Waals surface area (Å²) in [4.78, 5) is 23.6. The maximum absolute atomic E-state index is 11.8. The average molecular weight is 440 g/mol. The zero-order valence-corrected chi connectivity index (χ0v) is 15.5. The minimum atomic E-state index is -0.249. The van der Waals surface area contributed by atoms with Crippen LogP contribution < -0.4 is 10.6 Å². The molecular weight excluding hydrogens is 424 g/mol. The Bertz CT molecular complexity index is 687. The number of amides is 2. The van der Waals surface area contributed by atoms with Crippen molar-refractivity contribution in [3.05, 3.63) is 63.0 Å². The first-order valence-electron chi connectivity index (χ1n) is 7.10. The van der Waals surface area contributed by atoms with Crippen molar-refractivity contribution in [2.75, 3.05) is 11.9 Å². The monoisotopic (exact) mass is 438 g/mol. The average Bonchev–Trinajstić information content (AvgIpc) is 2.54. The van der Waals surface area contributed by atoms with Crippen molar-refractivity contribution in [3.8, 4) is 0 Å². The molecule has 2 N–H and O–H groups in total. The highest BCUT2D eigenvalue weighted by Gasteiger charge is 2.07. The van der Waals surface area contributed by atoms with E-state index >= 15 is 0 Å². The van der Waals surface area contributed by atoms with Crippen LogP contribution in [0.3, 0.4) is 0 Å². The van der Waals surface area contributed by atoms with Crippen molar-refractivity contribution in [2.45, 2.75) is 12.8 Å². The third kappa shape index (κ3) is 6.15. The van der Waals surface area contributed by atoms with E-state index in [-0.39, 0.29) is 18.4 Å². The number of hydrogen-bond acceptors (Lipinski definition) is 2. The number of anilines is 1. The Morgan fingerprint density at radius 1 is 0.913 bits per heavy atom. The van der Waals surface area contributed by atoms with Gasteiger partial charge in [-0.2, -0.15) is 0 Å². The van der Waals surface area contributed by atoms with Crippen LogP contribution >= 0.6 is 31.9 Å². The van der Waals surface area contributed by atoms with Crippen LogP contribution in [0.25, 0.3) is 0 Å². The Hall–Kier alpha value is -1.66. The summed E-state index contributed by atoms with van der Waals surface area (Å²) in [5.41, 5.74) is 1.77. The van der Waals surface area contributed by atoms with E-state index in [0.29, 0.717) is 18.5 Å². The van der Waals surface area contributed by atoms with E-state index in [1.165, 1.54) is 0 Å². The molecule has 0 saturated carbocycles. The van der Waals surface area contributed by atoms with Gasteiger partial charge in [0.2, 0.25) is 11.8 Å². The lowest BCUT2D eigenvalue weighted by molar-refractivity contribution is -0.124. The molecule has 0 aliphatic carbocycles. The lowest BCUT2D eigenvalue weighted by atomic mass is 10.1. The third-order valence-corrected chi connectivity index (χ3v) is 4.46. The van der Waals surface area contributed by atoms with Crippen molar-refractivity contribution < 1.29 is 9.59 Å². The Balaban J connectivity index is 1.72. The maximum atomic E-state index is 11.8. The fraction of sp³-hybridized carbons (Fsp3) is 0.176. The van der Waals surface area contributed by atoms with E-state index < -0.39 is 0 Å². The van der Waals surface area contributed by atoms with Crippen LogP contribution in [0.2, 0.25) is 0 Å². The molecule has 2 aromatic rings. The highest BCUT2D eigenvalue weighted by molar-refractivity contribution is 9.10. The molecule has 0 fully saturated rings. The van der Waals surface area contributed by atoms with Gasteiger partial charge in [0.05, 0.1) is 6.54 Å². The summed E-state index contributed by atoms with van der Waals surface area (Å²) in [6.45, 7) is -0.0368. The lowest BCUT2D eigenvalue weighted by Gasteiger charge is -2.08. The number of nitrogens with one attached hydrogen (secondary N) is 2. The third-order valence-electron chi connectivity index (χ3n) is 3.15. The van der Waals surface area contributed by atoms with Gasteiger partial charge in [-0.05, 0) is 42.3 Å². The van der Waals surface area contributed by atoms with Crippen LogP contribution in [-0.2, 0) is 16.0 Å². The van der Waals surface area contributed by atoms with Crippen LogP contribution in [0.5, 0.6) is 0 Å². The molecule has 2 amide bonds. The van der Waals surface area contributed by atoms with Gasteiger partial charge in [-0.1, -0.05) is 50.1 Å². The Labute approximate surface area is 151 Å². The molecule has 23 heavy (non-hydrogen) atoms. The standard InChI is InChI=1S/C17H16Br2N2O2/c18-13-6-8-14(9-7-13)21-17(23)11-20-16(22)10-5-12-3-1-2-4-15(12)19/h1-4,6-9H,5,10-11H2,(H,20,22)(H,21,23). The molecule has 4 nitrogen and oxygen atoms in total. The van der Waals surface area contributed by atoms with Crippen molar-refractivity contribution in [1.82, 2.24) is 5.32 Å². The van der Waals surface area contributed by atoms with Crippen molar-refractivity contribution in [3.63, 3.8) is 0 Å². The molecule has 2 aromatic carbocycles. The van der Waals surface area contributed by atoms with Crippen LogP contribution in [0, 0.1) is 0 Å². The summed E-state index contributed by atoms with van der Waals surface area (Å²) in [6, 6.07) is 15.0. The van der Waals surface area contributed by atoms with Crippen molar-refractivity contribution in [2.24, 2.45) is 0 Å². The van der Waals surface area contributed by atoms with Crippen LogP contribution in [0.1, 0.15) is 12.0 Å². The van der Waals surface area contributed by atoms with Crippen LogP contribution in [0.4, 0.5) is 5.69 Å².